The lowest BCUT2D eigenvalue weighted by Crippen LogP contribution is -2.23. The third-order valence-electron chi connectivity index (χ3n) is 5.01. The molecule has 0 bridgehead atoms. The van der Waals surface area contributed by atoms with Crippen LogP contribution in [0.3, 0.4) is 0 Å². The summed E-state index contributed by atoms with van der Waals surface area (Å²) in [6.07, 6.45) is 2.07. The third-order valence-corrected chi connectivity index (χ3v) is 5.01. The summed E-state index contributed by atoms with van der Waals surface area (Å²) in [5, 5.41) is 9.24. The number of alkyl halides is 3. The lowest BCUT2D eigenvalue weighted by Gasteiger charge is -2.24. The second-order valence-electron chi connectivity index (χ2n) is 9.73. The Balaban J connectivity index is 2.93. The van der Waals surface area contributed by atoms with Gasteiger partial charge < -0.3 is 9.84 Å². The molecule has 0 aliphatic heterocycles. The summed E-state index contributed by atoms with van der Waals surface area (Å²) in [7, 11) is 0. The predicted octanol–water partition coefficient (Wildman–Crippen LogP) is 7.13. The number of aromatic carboxylic acids is 1. The Morgan fingerprint density at radius 1 is 1.13 bits per heavy atom. The van der Waals surface area contributed by atoms with Gasteiger partial charge in [-0.1, -0.05) is 53.7 Å². The molecule has 0 fully saturated rings. The Labute approximate surface area is 182 Å². The average molecular weight is 443 g/mol. The molecule has 0 saturated carbocycles. The molecule has 0 aliphatic carbocycles. The topological polar surface area (TPSA) is 63.6 Å². The molecule has 1 unspecified atom stereocenters. The van der Waals surface area contributed by atoms with Crippen LogP contribution in [0.15, 0.2) is 30.4 Å². The third kappa shape index (κ3) is 9.15. The Morgan fingerprint density at radius 2 is 1.74 bits per heavy atom. The summed E-state index contributed by atoms with van der Waals surface area (Å²) in [5.41, 5.74) is -1.55. The number of halogens is 3. The van der Waals surface area contributed by atoms with Crippen LogP contribution < -0.4 is 4.74 Å². The molecule has 0 amide bonds. The fourth-order valence-corrected chi connectivity index (χ4v) is 3.00. The van der Waals surface area contributed by atoms with Crippen LogP contribution in [0, 0.1) is 16.7 Å². The number of ether oxygens (including phenoxy) is 1. The van der Waals surface area contributed by atoms with Crippen molar-refractivity contribution in [2.24, 2.45) is 16.7 Å². The summed E-state index contributed by atoms with van der Waals surface area (Å²) in [5.74, 6) is -3.32. The fraction of sp³-hybridized carbons (Fsp3) is 0.583. The second-order valence-corrected chi connectivity index (χ2v) is 9.73. The number of carboxylic acid groups (broad SMARTS) is 1. The summed E-state index contributed by atoms with van der Waals surface area (Å²) in [6.45, 7) is 12.3. The van der Waals surface area contributed by atoms with Gasteiger partial charge in [-0.3, -0.25) is 4.79 Å². The van der Waals surface area contributed by atoms with Gasteiger partial charge in [0.15, 0.2) is 0 Å². The maximum absolute atomic E-state index is 13.0. The Hall–Kier alpha value is -2.31. The standard InChI is InChI=1S/C24H33F3O4/c1-7-16(11-14-23(5,6)13-8-12-22(2,3)4)21(30)31-19-15-17(24(25,26)27)9-10-18(19)20(28)29/h8-10,13,15-16H,7,11-12,14H2,1-6H3,(H,28,29)/b13-8-. The molecule has 1 rings (SSSR count). The van der Waals surface area contributed by atoms with E-state index in [0.717, 1.165) is 12.5 Å². The lowest BCUT2D eigenvalue weighted by molar-refractivity contribution is -0.141. The van der Waals surface area contributed by atoms with E-state index in [1.807, 2.05) is 0 Å². The summed E-state index contributed by atoms with van der Waals surface area (Å²) >= 11 is 0. The number of carbonyl (C=O) groups excluding carboxylic acids is 1. The first-order valence-electron chi connectivity index (χ1n) is 10.4. The van der Waals surface area contributed by atoms with Crippen LogP contribution >= 0.6 is 0 Å². The van der Waals surface area contributed by atoms with E-state index in [1.165, 1.54) is 0 Å². The molecular weight excluding hydrogens is 409 g/mol. The molecule has 7 heteroatoms. The number of allylic oxidation sites excluding steroid dienone is 2. The minimum absolute atomic E-state index is 0.165. The summed E-state index contributed by atoms with van der Waals surface area (Å²) < 4.78 is 44.1. The van der Waals surface area contributed by atoms with Crippen molar-refractivity contribution in [1.29, 1.82) is 0 Å². The summed E-state index contributed by atoms with van der Waals surface area (Å²) in [4.78, 5) is 24.0. The van der Waals surface area contributed by atoms with Gasteiger partial charge in [-0.15, -0.1) is 0 Å². The van der Waals surface area contributed by atoms with Crippen molar-refractivity contribution in [3.05, 3.63) is 41.5 Å². The van der Waals surface area contributed by atoms with Gasteiger partial charge in [-0.05, 0) is 54.7 Å². The highest BCUT2D eigenvalue weighted by atomic mass is 19.4. The summed E-state index contributed by atoms with van der Waals surface area (Å²) in [6, 6.07) is 2.02. The fourth-order valence-electron chi connectivity index (χ4n) is 3.00. The molecule has 31 heavy (non-hydrogen) atoms. The van der Waals surface area contributed by atoms with E-state index in [9.17, 15) is 27.9 Å². The van der Waals surface area contributed by atoms with E-state index in [-0.39, 0.29) is 10.8 Å². The molecule has 1 aromatic carbocycles. The van der Waals surface area contributed by atoms with Crippen LogP contribution in [-0.4, -0.2) is 17.0 Å². The van der Waals surface area contributed by atoms with Gasteiger partial charge in [0.2, 0.25) is 0 Å². The van der Waals surface area contributed by atoms with Crippen LogP contribution in [0.4, 0.5) is 13.2 Å². The smallest absolute Gasteiger partial charge is 0.416 e. The maximum Gasteiger partial charge on any atom is 0.416 e. The molecule has 1 N–H and O–H groups in total. The number of hydrogen-bond acceptors (Lipinski definition) is 3. The van der Waals surface area contributed by atoms with Crippen molar-refractivity contribution in [1.82, 2.24) is 0 Å². The SMILES string of the molecule is CCC(CCC(C)(C)/C=C\CC(C)(C)C)C(=O)Oc1cc(C(F)(F)F)ccc1C(=O)O. The van der Waals surface area contributed by atoms with Crippen molar-refractivity contribution in [2.75, 3.05) is 0 Å². The molecule has 174 valence electrons. The number of carbonyl (C=O) groups is 2. The molecular formula is C24H33F3O4. The Bertz CT molecular complexity index is 802. The first kappa shape index (κ1) is 26.7. The first-order valence-corrected chi connectivity index (χ1v) is 10.4. The van der Waals surface area contributed by atoms with Crippen LogP contribution in [0.1, 0.15) is 83.1 Å². The second kappa shape index (κ2) is 10.3. The first-order chi connectivity index (χ1) is 14.1. The van der Waals surface area contributed by atoms with E-state index >= 15 is 0 Å². The molecule has 0 aromatic heterocycles. The zero-order chi connectivity index (χ0) is 24.0. The lowest BCUT2D eigenvalue weighted by atomic mass is 9.82. The molecule has 0 spiro atoms. The van der Waals surface area contributed by atoms with Crippen molar-refractivity contribution < 1.29 is 32.6 Å². The van der Waals surface area contributed by atoms with Gasteiger partial charge in [0.1, 0.15) is 11.3 Å². The van der Waals surface area contributed by atoms with Crippen LogP contribution in [0.5, 0.6) is 5.75 Å². The molecule has 0 saturated heterocycles. The molecule has 0 aliphatic rings. The highest BCUT2D eigenvalue weighted by Crippen LogP contribution is 2.34. The van der Waals surface area contributed by atoms with E-state index in [0.29, 0.717) is 31.4 Å². The molecule has 0 radical (unpaired) electrons. The van der Waals surface area contributed by atoms with E-state index in [1.54, 1.807) is 6.92 Å². The zero-order valence-corrected chi connectivity index (χ0v) is 19.1. The van der Waals surface area contributed by atoms with Gasteiger partial charge in [0.05, 0.1) is 11.5 Å². The number of esters is 1. The van der Waals surface area contributed by atoms with Gasteiger partial charge in [-0.25, -0.2) is 4.79 Å². The number of rotatable bonds is 9. The number of benzene rings is 1. The quantitative estimate of drug-likeness (QED) is 0.251. The van der Waals surface area contributed by atoms with Crippen molar-refractivity contribution >= 4 is 11.9 Å². The Morgan fingerprint density at radius 3 is 2.23 bits per heavy atom. The van der Waals surface area contributed by atoms with Crippen LogP contribution in [0.2, 0.25) is 0 Å². The van der Waals surface area contributed by atoms with E-state index in [2.05, 4.69) is 46.8 Å². The van der Waals surface area contributed by atoms with Gasteiger partial charge in [0, 0.05) is 0 Å². The van der Waals surface area contributed by atoms with Crippen LogP contribution in [0.25, 0.3) is 0 Å². The number of carboxylic acids is 1. The van der Waals surface area contributed by atoms with E-state index in [4.69, 9.17) is 4.74 Å². The van der Waals surface area contributed by atoms with Gasteiger partial charge in [0.25, 0.3) is 0 Å². The zero-order valence-electron chi connectivity index (χ0n) is 19.1. The number of hydrogen-bond donors (Lipinski definition) is 1. The highest BCUT2D eigenvalue weighted by molar-refractivity contribution is 5.92. The molecule has 4 nitrogen and oxygen atoms in total. The average Bonchev–Trinajstić information content (AvgIpc) is 2.59. The van der Waals surface area contributed by atoms with Crippen molar-refractivity contribution in [3.8, 4) is 5.75 Å². The van der Waals surface area contributed by atoms with Gasteiger partial charge in [-0.2, -0.15) is 13.2 Å². The van der Waals surface area contributed by atoms with Gasteiger partial charge >= 0.3 is 18.1 Å². The normalized spacial score (nSPS) is 14.0. The minimum Gasteiger partial charge on any atom is -0.478 e. The minimum atomic E-state index is -4.67. The predicted molar refractivity (Wildman–Crippen MR) is 114 cm³/mol. The molecule has 1 aromatic rings. The van der Waals surface area contributed by atoms with Crippen LogP contribution in [-0.2, 0) is 11.0 Å². The van der Waals surface area contributed by atoms with E-state index < -0.39 is 40.9 Å². The largest absolute Gasteiger partial charge is 0.478 e. The monoisotopic (exact) mass is 442 g/mol. The molecule has 1 atom stereocenters. The maximum atomic E-state index is 13.0. The molecule has 0 heterocycles. The van der Waals surface area contributed by atoms with Crippen molar-refractivity contribution in [2.45, 2.75) is 73.4 Å². The van der Waals surface area contributed by atoms with Crippen molar-refractivity contribution in [3.63, 3.8) is 0 Å². The Kier molecular flexibility index (Phi) is 8.91. The highest BCUT2D eigenvalue weighted by Gasteiger charge is 2.33.